The van der Waals surface area contributed by atoms with Crippen molar-refractivity contribution in [2.45, 2.75) is 115 Å². The van der Waals surface area contributed by atoms with Crippen molar-refractivity contribution in [3.05, 3.63) is 0 Å². The maximum Gasteiger partial charge on any atom is 0.472 e. The molecule has 2 aliphatic heterocycles. The minimum atomic E-state index is -4.23. The zero-order chi connectivity index (χ0) is 32.8. The number of rotatable bonds is 21. The summed E-state index contributed by atoms with van der Waals surface area (Å²) >= 11 is 0. The molecule has 7 unspecified atom stereocenters. The number of aliphatic hydroxyl groups excluding tert-OH is 3. The summed E-state index contributed by atoms with van der Waals surface area (Å²) in [4.78, 5) is 29.4. The molecule has 2 rings (SSSR count). The highest BCUT2D eigenvalue weighted by molar-refractivity contribution is 7.58. The summed E-state index contributed by atoms with van der Waals surface area (Å²) in [5.74, 6) is -0.211. The third kappa shape index (κ3) is 14.1. The van der Waals surface area contributed by atoms with Gasteiger partial charge in [-0.2, -0.15) is 4.67 Å². The average Bonchev–Trinajstić information content (AvgIpc) is 2.97. The van der Waals surface area contributed by atoms with Crippen molar-refractivity contribution in [1.29, 1.82) is 0 Å². The fourth-order valence-electron chi connectivity index (χ4n) is 4.94. The summed E-state index contributed by atoms with van der Waals surface area (Å²) in [7, 11) is -7.00. The minimum absolute atomic E-state index is 0.00550. The Hall–Kier alpha value is -0.470. The second-order valence-electron chi connectivity index (χ2n) is 12.0. The van der Waals surface area contributed by atoms with Crippen molar-refractivity contribution < 1.29 is 62.2 Å². The smallest absolute Gasteiger partial charge is 0.394 e. The topological polar surface area (TPSA) is 191 Å². The number of ether oxygens (including phenoxy) is 2. The number of hydrogen-bond donors (Lipinski definition) is 4. The van der Waals surface area contributed by atoms with Crippen LogP contribution in [0, 0.1) is 5.92 Å². The van der Waals surface area contributed by atoms with Gasteiger partial charge in [-0.15, -0.1) is 0 Å². The van der Waals surface area contributed by atoms with Gasteiger partial charge in [0.05, 0.1) is 38.1 Å². The average molecular weight is 676 g/mol. The Bertz CT molecular complexity index is 916. The molecular formula is C28H55NO13P2. The molecule has 0 aromatic rings. The normalized spacial score (nSPS) is 27.8. The predicted molar refractivity (Wildman–Crippen MR) is 162 cm³/mol. The van der Waals surface area contributed by atoms with Crippen LogP contribution in [0.2, 0.25) is 0 Å². The summed E-state index contributed by atoms with van der Waals surface area (Å²) in [6, 6.07) is 0. The minimum Gasteiger partial charge on any atom is -0.394 e. The summed E-state index contributed by atoms with van der Waals surface area (Å²) in [5.41, 5.74) is -0.120. The zero-order valence-corrected chi connectivity index (χ0v) is 28.4. The van der Waals surface area contributed by atoms with Crippen LogP contribution in [0.25, 0.3) is 0 Å². The van der Waals surface area contributed by atoms with E-state index >= 15 is 0 Å². The largest absolute Gasteiger partial charge is 0.472 e. The van der Waals surface area contributed by atoms with Crippen LogP contribution in [0.3, 0.4) is 0 Å². The van der Waals surface area contributed by atoms with Gasteiger partial charge in [-0.1, -0.05) is 33.6 Å². The quantitative estimate of drug-likeness (QED) is 0.0601. The molecule has 2 saturated heterocycles. The van der Waals surface area contributed by atoms with E-state index in [1.54, 1.807) is 18.7 Å². The van der Waals surface area contributed by atoms with Crippen LogP contribution < -0.4 is 0 Å². The number of phosphoric acid groups is 1. The van der Waals surface area contributed by atoms with E-state index in [2.05, 4.69) is 0 Å². The lowest BCUT2D eigenvalue weighted by molar-refractivity contribution is -0.207. The lowest BCUT2D eigenvalue weighted by atomic mass is 9.86. The number of amides is 1. The Morgan fingerprint density at radius 1 is 0.955 bits per heavy atom. The Kier molecular flexibility index (Phi) is 18.1. The highest BCUT2D eigenvalue weighted by Crippen LogP contribution is 2.48. The molecule has 260 valence electrons. The molecule has 7 atom stereocenters. The Morgan fingerprint density at radius 3 is 2.25 bits per heavy atom. The SMILES string of the molecule is CC1C(CCCCCC(=O)N2CCC(OP(=O)(O)OCCCOCCCOOP(C)(=O)C(C)C)CC2)OC(CO)C(O)C1O. The second-order valence-corrected chi connectivity index (χ2v) is 16.4. The third-order valence-electron chi connectivity index (χ3n) is 8.18. The first-order chi connectivity index (χ1) is 20.8. The van der Waals surface area contributed by atoms with Gasteiger partial charge in [0.1, 0.15) is 12.2 Å². The fraction of sp³-hybridized carbons (Fsp3) is 0.964. The van der Waals surface area contributed by atoms with E-state index in [1.165, 1.54) is 6.66 Å². The molecular weight excluding hydrogens is 620 g/mol. The molecule has 14 nitrogen and oxygen atoms in total. The van der Waals surface area contributed by atoms with Crippen LogP contribution in [-0.2, 0) is 42.0 Å². The molecule has 0 aromatic carbocycles. The summed E-state index contributed by atoms with van der Waals surface area (Å²) < 4.78 is 50.9. The lowest BCUT2D eigenvalue weighted by Gasteiger charge is -2.41. The van der Waals surface area contributed by atoms with Crippen molar-refractivity contribution in [3.8, 4) is 0 Å². The van der Waals surface area contributed by atoms with Crippen molar-refractivity contribution in [2.24, 2.45) is 5.92 Å². The molecule has 0 saturated carbocycles. The molecule has 0 spiro atoms. The molecule has 0 bridgehead atoms. The maximum absolute atomic E-state index is 12.6. The van der Waals surface area contributed by atoms with Gasteiger partial charge in [0.2, 0.25) is 13.3 Å². The molecule has 2 aliphatic rings. The van der Waals surface area contributed by atoms with Crippen LogP contribution in [0.5, 0.6) is 0 Å². The molecule has 0 radical (unpaired) electrons. The van der Waals surface area contributed by atoms with Gasteiger partial charge < -0.3 is 34.6 Å². The third-order valence-corrected chi connectivity index (χ3v) is 11.5. The van der Waals surface area contributed by atoms with Gasteiger partial charge >= 0.3 is 7.82 Å². The summed E-state index contributed by atoms with van der Waals surface area (Å²) in [6.07, 6.45) is 1.64. The van der Waals surface area contributed by atoms with Crippen LogP contribution in [0.4, 0.5) is 0 Å². The van der Waals surface area contributed by atoms with E-state index in [0.29, 0.717) is 71.2 Å². The highest BCUT2D eigenvalue weighted by atomic mass is 31.2. The number of likely N-dealkylation sites (tertiary alicyclic amines) is 1. The number of phosphoric ester groups is 1. The van der Waals surface area contributed by atoms with Crippen LogP contribution in [0.15, 0.2) is 0 Å². The van der Waals surface area contributed by atoms with E-state index in [4.69, 9.17) is 28.1 Å². The monoisotopic (exact) mass is 675 g/mol. The Labute approximate surface area is 261 Å². The number of aliphatic hydroxyl groups is 3. The van der Waals surface area contributed by atoms with Crippen molar-refractivity contribution in [3.63, 3.8) is 0 Å². The van der Waals surface area contributed by atoms with Gasteiger partial charge in [-0.05, 0) is 38.5 Å². The van der Waals surface area contributed by atoms with Gasteiger partial charge in [-0.3, -0.25) is 18.4 Å². The summed E-state index contributed by atoms with van der Waals surface area (Å²) in [6.45, 7) is 8.43. The number of hydrogen-bond acceptors (Lipinski definition) is 12. The van der Waals surface area contributed by atoms with Crippen molar-refractivity contribution >= 4 is 21.1 Å². The molecule has 16 heteroatoms. The number of carbonyl (C=O) groups excluding carboxylic acids is 1. The van der Waals surface area contributed by atoms with E-state index in [-0.39, 0.29) is 43.4 Å². The van der Waals surface area contributed by atoms with E-state index in [9.17, 15) is 34.1 Å². The standard InChI is InChI=1S/C28H55NO13P2/c1-21(2)43(4,34)42-38-18-8-16-37-17-9-19-39-44(35,36)41-23-12-14-29(15-13-23)26(31)11-7-5-6-10-24-22(3)27(32)28(33)25(20-30)40-24/h21-25,27-28,30,32-33H,5-20H2,1-4H3,(H,35,36). The van der Waals surface area contributed by atoms with Crippen LogP contribution in [0.1, 0.15) is 78.6 Å². The molecule has 44 heavy (non-hydrogen) atoms. The highest BCUT2D eigenvalue weighted by Gasteiger charge is 2.41. The predicted octanol–water partition coefficient (Wildman–Crippen LogP) is 3.24. The molecule has 0 aromatic heterocycles. The molecule has 2 fully saturated rings. The first kappa shape index (κ1) is 39.7. The number of carbonyl (C=O) groups is 1. The van der Waals surface area contributed by atoms with Crippen molar-refractivity contribution in [2.75, 3.05) is 52.8 Å². The van der Waals surface area contributed by atoms with Crippen molar-refractivity contribution in [1.82, 2.24) is 4.90 Å². The number of nitrogens with zero attached hydrogens (tertiary/aromatic N) is 1. The molecule has 1 amide bonds. The molecule has 4 N–H and O–H groups in total. The number of unbranched alkanes of at least 4 members (excludes halogenated alkanes) is 2. The Balaban J connectivity index is 1.50. The van der Waals surface area contributed by atoms with Crippen LogP contribution >= 0.6 is 15.2 Å². The Morgan fingerprint density at radius 2 is 1.61 bits per heavy atom. The second kappa shape index (κ2) is 20.0. The maximum atomic E-state index is 12.6. The summed E-state index contributed by atoms with van der Waals surface area (Å²) in [5, 5.41) is 29.5. The van der Waals surface area contributed by atoms with Gasteiger partial charge in [0.25, 0.3) is 0 Å². The first-order valence-corrected chi connectivity index (χ1v) is 19.4. The van der Waals surface area contributed by atoms with E-state index < -0.39 is 39.6 Å². The zero-order valence-electron chi connectivity index (χ0n) is 26.7. The van der Waals surface area contributed by atoms with E-state index in [0.717, 1.165) is 12.8 Å². The van der Waals surface area contributed by atoms with E-state index in [1.807, 2.05) is 6.92 Å². The first-order valence-electron chi connectivity index (χ1n) is 15.8. The van der Waals surface area contributed by atoms with Gasteiger partial charge in [0.15, 0.2) is 0 Å². The molecule has 2 heterocycles. The van der Waals surface area contributed by atoms with Gasteiger partial charge in [0, 0.05) is 51.0 Å². The van der Waals surface area contributed by atoms with Crippen LogP contribution in [-0.4, -0.2) is 120 Å². The van der Waals surface area contributed by atoms with Gasteiger partial charge in [-0.25, -0.2) is 9.45 Å². The number of piperidine rings is 1. The fourth-order valence-corrected chi connectivity index (χ4v) is 6.40. The lowest BCUT2D eigenvalue weighted by Crippen LogP contribution is -2.54. The molecule has 0 aliphatic carbocycles.